The highest BCUT2D eigenvalue weighted by molar-refractivity contribution is 5.96. The van der Waals surface area contributed by atoms with Crippen LogP contribution in [-0.2, 0) is 6.18 Å². The lowest BCUT2D eigenvalue weighted by Gasteiger charge is -2.24. The van der Waals surface area contributed by atoms with Gasteiger partial charge < -0.3 is 10.0 Å². The summed E-state index contributed by atoms with van der Waals surface area (Å²) in [6, 6.07) is 2.73. The van der Waals surface area contributed by atoms with Gasteiger partial charge in [-0.25, -0.2) is 18.6 Å². The average Bonchev–Trinajstić information content (AvgIpc) is 2.53. The van der Waals surface area contributed by atoms with Crippen molar-refractivity contribution in [2.75, 3.05) is 18.0 Å². The van der Waals surface area contributed by atoms with Gasteiger partial charge in [0.15, 0.2) is 0 Å². The van der Waals surface area contributed by atoms with E-state index in [-0.39, 0.29) is 36.8 Å². The van der Waals surface area contributed by atoms with Crippen LogP contribution in [0.5, 0.6) is 0 Å². The van der Waals surface area contributed by atoms with E-state index in [1.54, 1.807) is 13.8 Å². The number of benzene rings is 1. The van der Waals surface area contributed by atoms with Crippen molar-refractivity contribution >= 4 is 24.2 Å². The fourth-order valence-electron chi connectivity index (χ4n) is 2.57. The van der Waals surface area contributed by atoms with Crippen molar-refractivity contribution in [2.24, 2.45) is 0 Å². The van der Waals surface area contributed by atoms with Crippen LogP contribution in [0.4, 0.5) is 27.8 Å². The Bertz CT molecular complexity index is 819. The third-order valence-corrected chi connectivity index (χ3v) is 3.74. The Balaban J connectivity index is 0.00000364. The summed E-state index contributed by atoms with van der Waals surface area (Å²) in [6.45, 7) is 3.64. The van der Waals surface area contributed by atoms with Gasteiger partial charge >= 0.3 is 12.1 Å². The minimum Gasteiger partial charge on any atom is -0.478 e. The Morgan fingerprint density at radius 2 is 1.59 bits per heavy atom. The van der Waals surface area contributed by atoms with Crippen molar-refractivity contribution in [1.82, 2.24) is 4.98 Å². The number of carboxylic acids is 1. The van der Waals surface area contributed by atoms with Gasteiger partial charge in [0.2, 0.25) is 0 Å². The number of nitrogens with zero attached hydrogens (tertiary/aromatic N) is 2. The second-order valence-corrected chi connectivity index (χ2v) is 5.39. The van der Waals surface area contributed by atoms with Crippen LogP contribution in [-0.4, -0.2) is 29.1 Å². The molecule has 1 heterocycles. The minimum atomic E-state index is -4.99. The molecule has 2 rings (SSSR count). The van der Waals surface area contributed by atoms with Crippen LogP contribution in [0.3, 0.4) is 0 Å². The maximum Gasteiger partial charge on any atom is 0.417 e. The molecule has 0 amide bonds. The number of rotatable bonds is 5. The van der Waals surface area contributed by atoms with Crippen LogP contribution < -0.4 is 4.90 Å². The number of carboxylic acid groups (broad SMARTS) is 1. The molecule has 0 saturated heterocycles. The van der Waals surface area contributed by atoms with Crippen LogP contribution in [0.1, 0.15) is 29.8 Å². The SMILES string of the molecule is CCN(CC)c1nc(-c2cc(F)cc(F)c2)cc(C(F)(F)F)c1C(=O)O.Cl. The predicted molar refractivity (Wildman–Crippen MR) is 92.4 cm³/mol. The normalized spacial score (nSPS) is 11.1. The first kappa shape index (κ1) is 22.6. The molecule has 2 aromatic rings. The van der Waals surface area contributed by atoms with E-state index in [1.165, 1.54) is 4.90 Å². The van der Waals surface area contributed by atoms with E-state index in [1.807, 2.05) is 0 Å². The zero-order chi connectivity index (χ0) is 19.6. The lowest BCUT2D eigenvalue weighted by atomic mass is 10.0. The predicted octanol–water partition coefficient (Wildman–Crippen LogP) is 5.01. The molecular weight excluding hydrogens is 395 g/mol. The summed E-state index contributed by atoms with van der Waals surface area (Å²) >= 11 is 0. The highest BCUT2D eigenvalue weighted by atomic mass is 35.5. The zero-order valence-electron chi connectivity index (χ0n) is 14.3. The highest BCUT2D eigenvalue weighted by Crippen LogP contribution is 2.38. The minimum absolute atomic E-state index is 0. The van der Waals surface area contributed by atoms with Gasteiger partial charge in [0.1, 0.15) is 23.0 Å². The van der Waals surface area contributed by atoms with E-state index < -0.39 is 40.7 Å². The quantitative estimate of drug-likeness (QED) is 0.704. The summed E-state index contributed by atoms with van der Waals surface area (Å²) in [5.41, 5.74) is -3.02. The second-order valence-electron chi connectivity index (χ2n) is 5.39. The number of aromatic nitrogens is 1. The van der Waals surface area contributed by atoms with Gasteiger partial charge in [-0.15, -0.1) is 12.4 Å². The standard InChI is InChI=1S/C17H15F5N2O2.ClH/c1-3-24(4-2)15-14(16(25)26)12(17(20,21)22)8-13(23-15)9-5-10(18)7-11(19)6-9;/h5-8H,3-4H2,1-2H3,(H,25,26);1H. The molecule has 0 atom stereocenters. The summed E-state index contributed by atoms with van der Waals surface area (Å²) in [6.07, 6.45) is -4.99. The maximum atomic E-state index is 13.5. The summed E-state index contributed by atoms with van der Waals surface area (Å²) in [7, 11) is 0. The zero-order valence-corrected chi connectivity index (χ0v) is 15.1. The molecule has 4 nitrogen and oxygen atoms in total. The first-order valence-corrected chi connectivity index (χ1v) is 7.65. The Morgan fingerprint density at radius 3 is 2.00 bits per heavy atom. The first-order valence-electron chi connectivity index (χ1n) is 7.65. The van der Waals surface area contributed by atoms with Crippen LogP contribution in [0, 0.1) is 11.6 Å². The third-order valence-electron chi connectivity index (χ3n) is 3.74. The van der Waals surface area contributed by atoms with Gasteiger partial charge in [-0.2, -0.15) is 13.2 Å². The van der Waals surface area contributed by atoms with Crippen LogP contribution >= 0.6 is 12.4 Å². The summed E-state index contributed by atoms with van der Waals surface area (Å²) in [4.78, 5) is 16.8. The molecule has 148 valence electrons. The van der Waals surface area contributed by atoms with Crippen molar-refractivity contribution in [3.8, 4) is 11.3 Å². The summed E-state index contributed by atoms with van der Waals surface area (Å²) in [5, 5.41) is 9.31. The molecule has 0 spiro atoms. The van der Waals surface area contributed by atoms with Crippen molar-refractivity contribution in [2.45, 2.75) is 20.0 Å². The number of anilines is 1. The average molecular weight is 411 g/mol. The largest absolute Gasteiger partial charge is 0.478 e. The van der Waals surface area contributed by atoms with E-state index >= 15 is 0 Å². The molecule has 0 aliphatic heterocycles. The first-order chi connectivity index (χ1) is 12.1. The Labute approximate surface area is 158 Å². The molecule has 1 N–H and O–H groups in total. The topological polar surface area (TPSA) is 53.4 Å². The molecule has 10 heteroatoms. The molecule has 1 aromatic heterocycles. The molecule has 0 bridgehead atoms. The number of carbonyl (C=O) groups is 1. The molecule has 0 saturated carbocycles. The molecule has 27 heavy (non-hydrogen) atoms. The molecule has 0 fully saturated rings. The van der Waals surface area contributed by atoms with Gasteiger partial charge in [-0.1, -0.05) is 0 Å². The Hall–Kier alpha value is -2.42. The second kappa shape index (κ2) is 8.51. The molecule has 0 unspecified atom stereocenters. The van der Waals surface area contributed by atoms with Gasteiger partial charge in [0.25, 0.3) is 0 Å². The fourth-order valence-corrected chi connectivity index (χ4v) is 2.57. The highest BCUT2D eigenvalue weighted by Gasteiger charge is 2.39. The van der Waals surface area contributed by atoms with Crippen LogP contribution in [0.25, 0.3) is 11.3 Å². The van der Waals surface area contributed by atoms with Gasteiger partial charge in [-0.3, -0.25) is 0 Å². The number of aromatic carboxylic acids is 1. The number of hydrogen-bond donors (Lipinski definition) is 1. The smallest absolute Gasteiger partial charge is 0.417 e. The third kappa shape index (κ3) is 4.85. The molecule has 1 aromatic carbocycles. The number of alkyl halides is 3. The van der Waals surface area contributed by atoms with E-state index in [0.29, 0.717) is 12.1 Å². The Morgan fingerprint density at radius 1 is 1.07 bits per heavy atom. The number of pyridine rings is 1. The lowest BCUT2D eigenvalue weighted by molar-refractivity contribution is -0.138. The molecule has 0 aliphatic rings. The monoisotopic (exact) mass is 410 g/mol. The van der Waals surface area contributed by atoms with Crippen molar-refractivity contribution in [3.05, 3.63) is 47.0 Å². The molecule has 0 aliphatic carbocycles. The molecule has 0 radical (unpaired) electrons. The number of hydrogen-bond acceptors (Lipinski definition) is 3. The maximum absolute atomic E-state index is 13.5. The number of halogens is 6. The van der Waals surface area contributed by atoms with Gasteiger partial charge in [-0.05, 0) is 32.0 Å². The summed E-state index contributed by atoms with van der Waals surface area (Å²) < 4.78 is 67.3. The van der Waals surface area contributed by atoms with Crippen LogP contribution in [0.2, 0.25) is 0 Å². The fraction of sp³-hybridized carbons (Fsp3) is 0.294. The van der Waals surface area contributed by atoms with E-state index in [2.05, 4.69) is 4.98 Å². The van der Waals surface area contributed by atoms with Crippen molar-refractivity contribution in [3.63, 3.8) is 0 Å². The van der Waals surface area contributed by atoms with Crippen molar-refractivity contribution in [1.29, 1.82) is 0 Å². The summed E-state index contributed by atoms with van der Waals surface area (Å²) in [5.74, 6) is -4.16. The van der Waals surface area contributed by atoms with Gasteiger partial charge in [0, 0.05) is 24.7 Å². The lowest BCUT2D eigenvalue weighted by Crippen LogP contribution is -2.27. The van der Waals surface area contributed by atoms with Gasteiger partial charge in [0.05, 0.1) is 11.3 Å². The van der Waals surface area contributed by atoms with E-state index in [9.17, 15) is 31.9 Å². The van der Waals surface area contributed by atoms with E-state index in [4.69, 9.17) is 0 Å². The van der Waals surface area contributed by atoms with E-state index in [0.717, 1.165) is 12.1 Å². The van der Waals surface area contributed by atoms with Crippen LogP contribution in [0.15, 0.2) is 24.3 Å². The van der Waals surface area contributed by atoms with Crippen molar-refractivity contribution < 1.29 is 31.9 Å². The molecular formula is C17H16ClF5N2O2. The Kier molecular flexibility index (Phi) is 7.13.